The van der Waals surface area contributed by atoms with Gasteiger partial charge in [0.25, 0.3) is 0 Å². The lowest BCUT2D eigenvalue weighted by atomic mass is 9.89. The van der Waals surface area contributed by atoms with Gasteiger partial charge in [-0.05, 0) is 18.9 Å². The molecule has 1 nitrogen and oxygen atoms in total. The summed E-state index contributed by atoms with van der Waals surface area (Å²) in [7, 11) is 0. The third-order valence-corrected chi connectivity index (χ3v) is 12.7. The highest BCUT2D eigenvalue weighted by Crippen LogP contribution is 2.25. The van der Waals surface area contributed by atoms with Gasteiger partial charge in [0.05, 0.1) is 0 Å². The maximum atomic E-state index is 5.59. The first-order valence-corrected chi connectivity index (χ1v) is 26.0. The Kier molecular flexibility index (Phi) is 49.9. The predicted molar refractivity (Wildman–Crippen MR) is 246 cm³/mol. The van der Waals surface area contributed by atoms with Crippen molar-refractivity contribution in [3.8, 4) is 0 Å². The van der Waals surface area contributed by atoms with Gasteiger partial charge in [-0.25, -0.2) is 0 Å². The predicted octanol–water partition coefficient (Wildman–Crippen LogP) is 19.3. The minimum Gasteiger partial charge on any atom is -0.330 e. The maximum absolute atomic E-state index is 5.59. The van der Waals surface area contributed by atoms with Crippen molar-refractivity contribution in [3.63, 3.8) is 0 Å². The summed E-state index contributed by atoms with van der Waals surface area (Å²) in [6.07, 6.45) is 70.7. The third-order valence-electron chi connectivity index (χ3n) is 12.7. The molecule has 0 aromatic rings. The Labute approximate surface area is 339 Å². The van der Waals surface area contributed by atoms with Crippen molar-refractivity contribution >= 4 is 0 Å². The van der Waals surface area contributed by atoms with Crippen LogP contribution in [0.1, 0.15) is 322 Å². The molecule has 320 valence electrons. The molecule has 0 aliphatic carbocycles. The number of unbranched alkanes of at least 4 members (excludes halogenated alkanes) is 42. The first kappa shape index (κ1) is 53.0. The second-order valence-electron chi connectivity index (χ2n) is 18.2. The number of rotatable bonds is 49. The molecule has 0 amide bonds. The smallest absolute Gasteiger partial charge is 0.00773 e. The molecular weight excluding hydrogens is 639 g/mol. The molecule has 0 aromatic carbocycles. The number of hydrogen-bond acceptors (Lipinski definition) is 1. The monoisotopic (exact) mass is 746 g/mol. The molecule has 53 heavy (non-hydrogen) atoms. The van der Waals surface area contributed by atoms with E-state index in [0.29, 0.717) is 0 Å². The highest BCUT2D eigenvalue weighted by molar-refractivity contribution is 4.63. The van der Waals surface area contributed by atoms with Gasteiger partial charge < -0.3 is 5.73 Å². The molecule has 0 aliphatic heterocycles. The number of hydrogen-bond donors (Lipinski definition) is 1. The zero-order valence-corrected chi connectivity index (χ0v) is 37.8. The Bertz CT molecular complexity index is 568. The van der Waals surface area contributed by atoms with Crippen molar-refractivity contribution in [2.45, 2.75) is 322 Å². The fourth-order valence-corrected chi connectivity index (χ4v) is 8.92. The molecule has 2 N–H and O–H groups in total. The van der Waals surface area contributed by atoms with Crippen LogP contribution < -0.4 is 5.73 Å². The van der Waals surface area contributed by atoms with Crippen LogP contribution in [0.3, 0.4) is 0 Å². The minimum absolute atomic E-state index is 0.875. The lowest BCUT2D eigenvalue weighted by molar-refractivity contribution is 0.365. The zero-order chi connectivity index (χ0) is 38.2. The highest BCUT2D eigenvalue weighted by atomic mass is 14.5. The molecule has 0 aliphatic rings. The quantitative estimate of drug-likeness (QED) is 0.0617. The van der Waals surface area contributed by atoms with Crippen LogP contribution in [-0.4, -0.2) is 6.54 Å². The number of nitrogens with two attached hydrogens (primary N) is 1. The van der Waals surface area contributed by atoms with E-state index in [4.69, 9.17) is 5.73 Å². The maximum Gasteiger partial charge on any atom is -0.00773 e. The Morgan fingerprint density at radius 2 is 0.358 bits per heavy atom. The summed E-state index contributed by atoms with van der Waals surface area (Å²) in [5.41, 5.74) is 5.59. The summed E-state index contributed by atoms with van der Waals surface area (Å²) in [6.45, 7) is 5.52. The van der Waals surface area contributed by atoms with Crippen LogP contribution in [0.2, 0.25) is 0 Å². The van der Waals surface area contributed by atoms with Crippen molar-refractivity contribution in [2.24, 2.45) is 11.7 Å². The van der Waals surface area contributed by atoms with Crippen molar-refractivity contribution in [2.75, 3.05) is 6.54 Å². The molecule has 0 aromatic heterocycles. The first-order valence-electron chi connectivity index (χ1n) is 26.0. The van der Waals surface area contributed by atoms with E-state index in [1.807, 2.05) is 0 Å². The van der Waals surface area contributed by atoms with E-state index < -0.39 is 0 Å². The van der Waals surface area contributed by atoms with Gasteiger partial charge in [-0.15, -0.1) is 0 Å². The average molecular weight is 746 g/mol. The third kappa shape index (κ3) is 48.0. The van der Waals surface area contributed by atoms with Gasteiger partial charge in [0.15, 0.2) is 0 Å². The lowest BCUT2D eigenvalue weighted by Crippen LogP contribution is -2.01. The van der Waals surface area contributed by atoms with Gasteiger partial charge in [-0.2, -0.15) is 0 Å². The summed E-state index contributed by atoms with van der Waals surface area (Å²) in [5.74, 6) is 1.03. The van der Waals surface area contributed by atoms with E-state index >= 15 is 0 Å². The van der Waals surface area contributed by atoms with E-state index in [2.05, 4.69) is 13.8 Å². The highest BCUT2D eigenvalue weighted by Gasteiger charge is 2.09. The average Bonchev–Trinajstić information content (AvgIpc) is 3.17. The van der Waals surface area contributed by atoms with E-state index in [9.17, 15) is 0 Å². The lowest BCUT2D eigenvalue weighted by Gasteiger charge is -2.17. The Balaban J connectivity index is 3.92. The second-order valence-corrected chi connectivity index (χ2v) is 18.2. The van der Waals surface area contributed by atoms with Crippen LogP contribution >= 0.6 is 0 Å². The first-order chi connectivity index (χ1) is 26.3. The normalized spacial score (nSPS) is 11.8. The fourth-order valence-electron chi connectivity index (χ4n) is 8.92. The molecule has 0 fully saturated rings. The van der Waals surface area contributed by atoms with E-state index in [1.165, 1.54) is 308 Å². The summed E-state index contributed by atoms with van der Waals surface area (Å²) >= 11 is 0. The topological polar surface area (TPSA) is 26.0 Å². The molecule has 0 unspecified atom stereocenters. The molecule has 0 heterocycles. The van der Waals surface area contributed by atoms with Crippen molar-refractivity contribution in [1.82, 2.24) is 0 Å². The van der Waals surface area contributed by atoms with Crippen LogP contribution in [0.15, 0.2) is 0 Å². The van der Waals surface area contributed by atoms with Crippen molar-refractivity contribution in [1.29, 1.82) is 0 Å². The van der Waals surface area contributed by atoms with Crippen LogP contribution in [0.4, 0.5) is 0 Å². The van der Waals surface area contributed by atoms with Gasteiger partial charge in [0.2, 0.25) is 0 Å². The summed E-state index contributed by atoms with van der Waals surface area (Å²) < 4.78 is 0. The largest absolute Gasteiger partial charge is 0.330 e. The molecule has 0 atom stereocenters. The van der Waals surface area contributed by atoms with Crippen LogP contribution in [-0.2, 0) is 0 Å². The molecule has 0 bridgehead atoms. The molecule has 0 saturated heterocycles. The Morgan fingerprint density at radius 1 is 0.208 bits per heavy atom. The molecule has 0 rings (SSSR count). The molecule has 0 radical (unpaired) electrons. The fraction of sp³-hybridized carbons (Fsp3) is 1.00. The zero-order valence-electron chi connectivity index (χ0n) is 37.8. The van der Waals surface area contributed by atoms with Gasteiger partial charge in [-0.1, -0.05) is 316 Å². The Morgan fingerprint density at radius 3 is 0.528 bits per heavy atom. The van der Waals surface area contributed by atoms with Gasteiger partial charge in [0.1, 0.15) is 0 Å². The standard InChI is InChI=1S/C52H107N/c1-3-5-7-9-11-13-15-17-24-28-32-36-40-44-48-52(49-45-41-37-33-29-25-18-16-14-12-10-8-6-4-2)50-46-42-38-34-30-26-22-20-19-21-23-27-31-35-39-43-47-51-53/h52H,3-51,53H2,1-2H3. The molecular formula is C52H107N. The molecule has 0 spiro atoms. The van der Waals surface area contributed by atoms with Gasteiger partial charge >= 0.3 is 0 Å². The van der Waals surface area contributed by atoms with Crippen LogP contribution in [0.25, 0.3) is 0 Å². The molecule has 0 saturated carbocycles. The second kappa shape index (κ2) is 50.0. The van der Waals surface area contributed by atoms with Gasteiger partial charge in [0, 0.05) is 0 Å². The van der Waals surface area contributed by atoms with E-state index in [-0.39, 0.29) is 0 Å². The van der Waals surface area contributed by atoms with E-state index in [0.717, 1.165) is 12.5 Å². The Hall–Kier alpha value is -0.0400. The van der Waals surface area contributed by atoms with Crippen molar-refractivity contribution < 1.29 is 0 Å². The summed E-state index contributed by atoms with van der Waals surface area (Å²) in [4.78, 5) is 0. The SMILES string of the molecule is CCCCCCCCCCCCCCCCC(CCCCCCCCCCCCCCCC)CCCCCCCCCCCCCCCCCCCN. The van der Waals surface area contributed by atoms with Crippen LogP contribution in [0.5, 0.6) is 0 Å². The minimum atomic E-state index is 0.875. The van der Waals surface area contributed by atoms with Crippen LogP contribution in [0, 0.1) is 5.92 Å². The molecule has 1 heteroatoms. The van der Waals surface area contributed by atoms with E-state index in [1.54, 1.807) is 0 Å². The van der Waals surface area contributed by atoms with Crippen molar-refractivity contribution in [3.05, 3.63) is 0 Å². The van der Waals surface area contributed by atoms with Gasteiger partial charge in [-0.3, -0.25) is 0 Å². The summed E-state index contributed by atoms with van der Waals surface area (Å²) in [6, 6.07) is 0. The summed E-state index contributed by atoms with van der Waals surface area (Å²) in [5, 5.41) is 0.